The molecular formula is C26H31NO3. The minimum absolute atomic E-state index is 0.195. The zero-order valence-corrected chi connectivity index (χ0v) is 17.4. The van der Waals surface area contributed by atoms with Gasteiger partial charge in [-0.2, -0.15) is 0 Å². The highest BCUT2D eigenvalue weighted by Crippen LogP contribution is 2.61. The van der Waals surface area contributed by atoms with Crippen LogP contribution in [0.25, 0.3) is 0 Å². The second-order valence-electron chi connectivity index (χ2n) is 9.93. The molecule has 4 aliphatic rings. The number of carbonyl (C=O) groups is 1. The first-order valence-corrected chi connectivity index (χ1v) is 11.3. The van der Waals surface area contributed by atoms with Crippen LogP contribution in [0, 0.1) is 23.2 Å². The number of anilines is 1. The van der Waals surface area contributed by atoms with Crippen molar-refractivity contribution in [3.05, 3.63) is 60.2 Å². The summed E-state index contributed by atoms with van der Waals surface area (Å²) in [6.45, 7) is 0.510. The maximum absolute atomic E-state index is 12.6. The van der Waals surface area contributed by atoms with Crippen LogP contribution < -0.4 is 10.1 Å². The fourth-order valence-corrected chi connectivity index (χ4v) is 6.64. The molecule has 4 nitrogen and oxygen atoms in total. The van der Waals surface area contributed by atoms with E-state index in [1.54, 1.807) is 0 Å². The van der Waals surface area contributed by atoms with Crippen molar-refractivity contribution >= 4 is 11.6 Å². The van der Waals surface area contributed by atoms with Crippen LogP contribution in [0.5, 0.6) is 5.75 Å². The Morgan fingerprint density at radius 2 is 1.57 bits per heavy atom. The first kappa shape index (κ1) is 19.6. The molecule has 2 aromatic carbocycles. The van der Waals surface area contributed by atoms with Gasteiger partial charge in [0.15, 0.2) is 0 Å². The van der Waals surface area contributed by atoms with Gasteiger partial charge in [-0.25, -0.2) is 0 Å². The van der Waals surface area contributed by atoms with E-state index in [0.717, 1.165) is 29.1 Å². The van der Waals surface area contributed by atoms with Gasteiger partial charge in [-0.3, -0.25) is 4.79 Å². The van der Waals surface area contributed by atoms with Crippen LogP contribution in [0.1, 0.15) is 50.5 Å². The van der Waals surface area contributed by atoms with Gasteiger partial charge in [0.05, 0.1) is 0 Å². The molecule has 0 aromatic heterocycles. The number of ether oxygens (including phenoxy) is 1. The molecular weight excluding hydrogens is 374 g/mol. The first-order valence-electron chi connectivity index (χ1n) is 11.3. The fraction of sp³-hybridized carbons (Fsp3) is 0.500. The van der Waals surface area contributed by atoms with Crippen molar-refractivity contribution in [2.45, 2.75) is 57.7 Å². The molecule has 30 heavy (non-hydrogen) atoms. The van der Waals surface area contributed by atoms with Gasteiger partial charge in [-0.05, 0) is 97.9 Å². The molecule has 4 saturated carbocycles. The monoisotopic (exact) mass is 405 g/mol. The number of aliphatic hydroxyl groups excluding tert-OH is 1. The molecule has 0 saturated heterocycles. The topological polar surface area (TPSA) is 58.6 Å². The van der Waals surface area contributed by atoms with Crippen LogP contribution in [0.15, 0.2) is 54.6 Å². The van der Waals surface area contributed by atoms with E-state index in [1.165, 1.54) is 38.5 Å². The summed E-state index contributed by atoms with van der Waals surface area (Å²) < 4.78 is 5.80. The van der Waals surface area contributed by atoms with E-state index in [0.29, 0.717) is 18.7 Å². The third-order valence-corrected chi connectivity index (χ3v) is 7.46. The van der Waals surface area contributed by atoms with Crippen LogP contribution in [0.2, 0.25) is 0 Å². The lowest BCUT2D eigenvalue weighted by Crippen LogP contribution is -2.48. The summed E-state index contributed by atoms with van der Waals surface area (Å²) in [7, 11) is 0. The van der Waals surface area contributed by atoms with Gasteiger partial charge in [0.1, 0.15) is 18.5 Å². The molecule has 1 unspecified atom stereocenters. The summed E-state index contributed by atoms with van der Waals surface area (Å²) in [6.07, 6.45) is 7.42. The second-order valence-corrected chi connectivity index (χ2v) is 9.93. The zero-order chi connectivity index (χ0) is 20.6. The van der Waals surface area contributed by atoms with Crippen molar-refractivity contribution in [3.63, 3.8) is 0 Å². The Morgan fingerprint density at radius 1 is 0.967 bits per heavy atom. The van der Waals surface area contributed by atoms with Crippen LogP contribution >= 0.6 is 0 Å². The molecule has 4 bridgehead atoms. The smallest absolute Gasteiger partial charge is 0.253 e. The average Bonchev–Trinajstić information content (AvgIpc) is 2.72. The largest absolute Gasteiger partial charge is 0.489 e. The van der Waals surface area contributed by atoms with Crippen LogP contribution in [0.3, 0.4) is 0 Å². The van der Waals surface area contributed by atoms with Crippen molar-refractivity contribution in [1.29, 1.82) is 0 Å². The van der Waals surface area contributed by atoms with E-state index in [4.69, 9.17) is 4.74 Å². The van der Waals surface area contributed by atoms with Gasteiger partial charge in [0.2, 0.25) is 0 Å². The molecule has 2 aromatic rings. The fourth-order valence-electron chi connectivity index (χ4n) is 6.64. The molecule has 0 aliphatic heterocycles. The van der Waals surface area contributed by atoms with E-state index in [9.17, 15) is 9.90 Å². The number of rotatable bonds is 7. The summed E-state index contributed by atoms with van der Waals surface area (Å²) in [5.74, 6) is 2.95. The minimum Gasteiger partial charge on any atom is -0.489 e. The summed E-state index contributed by atoms with van der Waals surface area (Å²) in [6, 6.07) is 17.4. The Balaban J connectivity index is 1.14. The number of carbonyl (C=O) groups excluding carboxylic acids is 1. The van der Waals surface area contributed by atoms with E-state index >= 15 is 0 Å². The molecule has 0 heterocycles. The Kier molecular flexibility index (Phi) is 5.28. The molecule has 0 radical (unpaired) electrons. The van der Waals surface area contributed by atoms with Crippen molar-refractivity contribution in [3.8, 4) is 5.75 Å². The summed E-state index contributed by atoms with van der Waals surface area (Å²) >= 11 is 0. The SMILES string of the molecule is O=C(Nc1ccc(OCc2ccccc2)cc1)C(O)CC12CC3CC(CC(C3)C1)C2. The Hall–Kier alpha value is -2.33. The molecule has 1 amide bonds. The van der Waals surface area contributed by atoms with E-state index in [2.05, 4.69) is 5.32 Å². The summed E-state index contributed by atoms with van der Waals surface area (Å²) in [4.78, 5) is 12.6. The number of hydrogen-bond acceptors (Lipinski definition) is 3. The molecule has 4 fully saturated rings. The van der Waals surface area contributed by atoms with Gasteiger partial charge in [0.25, 0.3) is 5.91 Å². The highest BCUT2D eigenvalue weighted by Gasteiger charge is 2.51. The predicted octanol–water partition coefficient (Wildman–Crippen LogP) is 5.17. The van der Waals surface area contributed by atoms with Crippen LogP contribution in [-0.2, 0) is 11.4 Å². The Labute approximate surface area is 178 Å². The highest BCUT2D eigenvalue weighted by molar-refractivity contribution is 5.94. The van der Waals surface area contributed by atoms with Gasteiger partial charge in [0, 0.05) is 5.69 Å². The zero-order valence-electron chi connectivity index (χ0n) is 17.4. The highest BCUT2D eigenvalue weighted by atomic mass is 16.5. The Morgan fingerprint density at radius 3 is 2.17 bits per heavy atom. The number of nitrogens with one attached hydrogen (secondary N) is 1. The number of amides is 1. The predicted molar refractivity (Wildman–Crippen MR) is 117 cm³/mol. The lowest BCUT2D eigenvalue weighted by Gasteiger charge is -2.57. The molecule has 4 aliphatic carbocycles. The molecule has 158 valence electrons. The van der Waals surface area contributed by atoms with Crippen molar-refractivity contribution < 1.29 is 14.6 Å². The molecule has 0 spiro atoms. The maximum Gasteiger partial charge on any atom is 0.253 e. The van der Waals surface area contributed by atoms with Gasteiger partial charge in [-0.1, -0.05) is 30.3 Å². The number of benzene rings is 2. The standard InChI is InChI=1S/C26H31NO3/c28-24(16-26-13-19-10-20(14-26)12-21(11-19)15-26)25(29)27-22-6-8-23(9-7-22)30-17-18-4-2-1-3-5-18/h1-9,19-21,24,28H,10-17H2,(H,27,29). The quantitative estimate of drug-likeness (QED) is 0.668. The third kappa shape index (κ3) is 4.24. The number of aliphatic hydroxyl groups is 1. The van der Waals surface area contributed by atoms with Crippen molar-refractivity contribution in [2.75, 3.05) is 5.32 Å². The van der Waals surface area contributed by atoms with Crippen LogP contribution in [-0.4, -0.2) is 17.1 Å². The van der Waals surface area contributed by atoms with Crippen molar-refractivity contribution in [2.24, 2.45) is 23.2 Å². The summed E-state index contributed by atoms with van der Waals surface area (Å²) in [5, 5.41) is 13.5. The lowest BCUT2D eigenvalue weighted by atomic mass is 9.48. The second kappa shape index (κ2) is 8.07. The van der Waals surface area contributed by atoms with E-state index in [1.807, 2.05) is 54.6 Å². The minimum atomic E-state index is -0.935. The molecule has 2 N–H and O–H groups in total. The van der Waals surface area contributed by atoms with E-state index in [-0.39, 0.29) is 11.3 Å². The molecule has 4 heteroatoms. The number of hydrogen-bond donors (Lipinski definition) is 2. The maximum atomic E-state index is 12.6. The first-order chi connectivity index (χ1) is 14.6. The van der Waals surface area contributed by atoms with Gasteiger partial charge in [-0.15, -0.1) is 0 Å². The van der Waals surface area contributed by atoms with Crippen molar-refractivity contribution in [1.82, 2.24) is 0 Å². The van der Waals surface area contributed by atoms with Crippen LogP contribution in [0.4, 0.5) is 5.69 Å². The van der Waals surface area contributed by atoms with Gasteiger partial charge >= 0.3 is 0 Å². The lowest BCUT2D eigenvalue weighted by molar-refractivity contribution is -0.130. The normalized spacial score (nSPS) is 30.1. The Bertz CT molecular complexity index is 842. The van der Waals surface area contributed by atoms with E-state index < -0.39 is 6.10 Å². The molecule has 6 rings (SSSR count). The summed E-state index contributed by atoms with van der Waals surface area (Å²) in [5.41, 5.74) is 2.00. The third-order valence-electron chi connectivity index (χ3n) is 7.46. The molecule has 1 atom stereocenters. The van der Waals surface area contributed by atoms with Gasteiger partial charge < -0.3 is 15.2 Å². The average molecular weight is 406 g/mol.